The summed E-state index contributed by atoms with van der Waals surface area (Å²) in [4.78, 5) is 10.6. The van der Waals surface area contributed by atoms with Gasteiger partial charge in [0.25, 0.3) is 0 Å². The molecular weight excluding hydrogens is 256 g/mol. The van der Waals surface area contributed by atoms with Crippen LogP contribution in [-0.4, -0.2) is 6.29 Å². The van der Waals surface area contributed by atoms with Crippen LogP contribution >= 0.6 is 11.6 Å². The lowest BCUT2D eigenvalue weighted by Gasteiger charge is -2.06. The quantitative estimate of drug-likeness (QED) is 0.560. The second kappa shape index (κ2) is 6.91. The molecule has 0 aromatic heterocycles. The number of aldehydes is 1. The predicted molar refractivity (Wildman–Crippen MR) is 81.1 cm³/mol. The molecule has 0 aliphatic rings. The number of halogens is 1. The second-order valence-corrected chi connectivity index (χ2v) is 4.73. The molecule has 2 aromatic carbocycles. The number of hydrogen-bond donors (Lipinski definition) is 0. The molecule has 1 nitrogen and oxygen atoms in total. The minimum Gasteiger partial charge on any atom is -0.303 e. The van der Waals surface area contributed by atoms with Crippen molar-refractivity contribution in [3.05, 3.63) is 70.7 Å². The van der Waals surface area contributed by atoms with Crippen LogP contribution in [0.5, 0.6) is 0 Å². The summed E-state index contributed by atoms with van der Waals surface area (Å²) < 4.78 is 0. The van der Waals surface area contributed by atoms with E-state index in [1.54, 1.807) is 0 Å². The van der Waals surface area contributed by atoms with Gasteiger partial charge in [0.05, 0.1) is 0 Å². The summed E-state index contributed by atoms with van der Waals surface area (Å²) in [5, 5.41) is 0.728. The molecule has 0 N–H and O–H groups in total. The molecule has 0 aliphatic carbocycles. The largest absolute Gasteiger partial charge is 0.303 e. The van der Waals surface area contributed by atoms with Gasteiger partial charge in [-0.1, -0.05) is 60.1 Å². The Labute approximate surface area is 118 Å². The summed E-state index contributed by atoms with van der Waals surface area (Å²) >= 11 is 5.88. The first-order valence-electron chi connectivity index (χ1n) is 6.25. The Balaban J connectivity index is 2.31. The van der Waals surface area contributed by atoms with Gasteiger partial charge < -0.3 is 4.79 Å². The van der Waals surface area contributed by atoms with Gasteiger partial charge in [-0.25, -0.2) is 0 Å². The first-order valence-corrected chi connectivity index (χ1v) is 6.62. The van der Waals surface area contributed by atoms with E-state index in [4.69, 9.17) is 11.6 Å². The lowest BCUT2D eigenvalue weighted by atomic mass is 9.99. The molecule has 0 bridgehead atoms. The van der Waals surface area contributed by atoms with Crippen LogP contribution in [0.4, 0.5) is 0 Å². The molecule has 0 heterocycles. The molecule has 0 fully saturated rings. The van der Waals surface area contributed by atoms with E-state index in [2.05, 4.69) is 18.2 Å². The van der Waals surface area contributed by atoms with Gasteiger partial charge in [0.1, 0.15) is 6.29 Å². The highest BCUT2D eigenvalue weighted by molar-refractivity contribution is 6.30. The van der Waals surface area contributed by atoms with Crippen LogP contribution < -0.4 is 0 Å². The van der Waals surface area contributed by atoms with Gasteiger partial charge in [-0.3, -0.25) is 0 Å². The fourth-order valence-corrected chi connectivity index (χ4v) is 2.05. The number of hydrogen-bond acceptors (Lipinski definition) is 1. The standard InChI is InChI=1S/C17H15ClO/c18-17-10-8-14(9-11-17)13-16(7-4-12-19)15-5-2-1-3-6-15/h1-3,5-6,8-13H,4,7H2/b16-13-. The SMILES string of the molecule is O=CCC/C(=C/c1ccc(Cl)cc1)c1ccccc1. The highest BCUT2D eigenvalue weighted by atomic mass is 35.5. The summed E-state index contributed by atoms with van der Waals surface area (Å²) in [7, 11) is 0. The predicted octanol–water partition coefficient (Wildman–Crippen LogP) is 4.86. The minimum atomic E-state index is 0.536. The third-order valence-electron chi connectivity index (χ3n) is 2.89. The van der Waals surface area contributed by atoms with Crippen LogP contribution in [0, 0.1) is 0 Å². The van der Waals surface area contributed by atoms with E-state index < -0.39 is 0 Å². The molecule has 96 valence electrons. The van der Waals surface area contributed by atoms with Gasteiger partial charge in [-0.05, 0) is 35.3 Å². The van der Waals surface area contributed by atoms with Crippen LogP contribution in [0.2, 0.25) is 5.02 Å². The second-order valence-electron chi connectivity index (χ2n) is 4.29. The average molecular weight is 271 g/mol. The Morgan fingerprint density at radius 1 is 1.00 bits per heavy atom. The Kier molecular flexibility index (Phi) is 4.93. The molecule has 0 amide bonds. The maximum Gasteiger partial charge on any atom is 0.120 e. The zero-order valence-corrected chi connectivity index (χ0v) is 11.3. The molecule has 0 aliphatic heterocycles. The number of carbonyl (C=O) groups excluding carboxylic acids is 1. The average Bonchev–Trinajstić information content (AvgIpc) is 2.46. The Bertz CT molecular complexity index is 556. The molecule has 0 unspecified atom stereocenters. The number of rotatable bonds is 5. The summed E-state index contributed by atoms with van der Waals surface area (Å²) in [6.07, 6.45) is 4.35. The first kappa shape index (κ1) is 13.6. The van der Waals surface area contributed by atoms with E-state index in [1.165, 1.54) is 0 Å². The van der Waals surface area contributed by atoms with Crippen molar-refractivity contribution in [1.29, 1.82) is 0 Å². The number of allylic oxidation sites excluding steroid dienone is 1. The van der Waals surface area contributed by atoms with Crippen molar-refractivity contribution in [1.82, 2.24) is 0 Å². The fraction of sp³-hybridized carbons (Fsp3) is 0.118. The van der Waals surface area contributed by atoms with E-state index in [-0.39, 0.29) is 0 Å². The fourth-order valence-electron chi connectivity index (χ4n) is 1.93. The van der Waals surface area contributed by atoms with E-state index >= 15 is 0 Å². The summed E-state index contributed by atoms with van der Waals surface area (Å²) in [6.45, 7) is 0. The molecule has 2 aromatic rings. The molecule has 0 saturated heterocycles. The summed E-state index contributed by atoms with van der Waals surface area (Å²) in [5.74, 6) is 0. The van der Waals surface area contributed by atoms with E-state index in [1.807, 2.05) is 42.5 Å². The van der Waals surface area contributed by atoms with Crippen LogP contribution in [0.3, 0.4) is 0 Å². The lowest BCUT2D eigenvalue weighted by molar-refractivity contribution is -0.107. The van der Waals surface area contributed by atoms with E-state index in [0.717, 1.165) is 34.4 Å². The van der Waals surface area contributed by atoms with Gasteiger partial charge in [0.2, 0.25) is 0 Å². The van der Waals surface area contributed by atoms with Crippen LogP contribution in [0.25, 0.3) is 11.6 Å². The molecule has 0 radical (unpaired) electrons. The van der Waals surface area contributed by atoms with Gasteiger partial charge in [0.15, 0.2) is 0 Å². The zero-order chi connectivity index (χ0) is 13.5. The van der Waals surface area contributed by atoms with Crippen molar-refractivity contribution in [2.24, 2.45) is 0 Å². The topological polar surface area (TPSA) is 17.1 Å². The summed E-state index contributed by atoms with van der Waals surface area (Å²) in [6, 6.07) is 17.8. The monoisotopic (exact) mass is 270 g/mol. The van der Waals surface area contributed by atoms with Gasteiger partial charge in [-0.15, -0.1) is 0 Å². The van der Waals surface area contributed by atoms with Crippen LogP contribution in [-0.2, 0) is 4.79 Å². The zero-order valence-electron chi connectivity index (χ0n) is 10.6. The molecular formula is C17H15ClO. The Hall–Kier alpha value is -1.86. The molecule has 19 heavy (non-hydrogen) atoms. The van der Waals surface area contributed by atoms with Crippen molar-refractivity contribution in [2.45, 2.75) is 12.8 Å². The highest BCUT2D eigenvalue weighted by Gasteiger charge is 2.01. The van der Waals surface area contributed by atoms with Crippen LogP contribution in [0.15, 0.2) is 54.6 Å². The van der Waals surface area contributed by atoms with Gasteiger partial charge in [-0.2, -0.15) is 0 Å². The van der Waals surface area contributed by atoms with Crippen molar-refractivity contribution >= 4 is 29.5 Å². The molecule has 0 atom stereocenters. The van der Waals surface area contributed by atoms with E-state index in [0.29, 0.717) is 6.42 Å². The minimum absolute atomic E-state index is 0.536. The molecule has 2 rings (SSSR count). The highest BCUT2D eigenvalue weighted by Crippen LogP contribution is 2.23. The maximum atomic E-state index is 10.6. The van der Waals surface area contributed by atoms with Crippen molar-refractivity contribution < 1.29 is 4.79 Å². The van der Waals surface area contributed by atoms with Crippen molar-refractivity contribution in [3.8, 4) is 0 Å². The maximum absolute atomic E-state index is 10.6. The van der Waals surface area contributed by atoms with Crippen LogP contribution in [0.1, 0.15) is 24.0 Å². The van der Waals surface area contributed by atoms with Crippen molar-refractivity contribution in [3.63, 3.8) is 0 Å². The molecule has 2 heteroatoms. The number of carbonyl (C=O) groups is 1. The van der Waals surface area contributed by atoms with Crippen molar-refractivity contribution in [2.75, 3.05) is 0 Å². The first-order chi connectivity index (χ1) is 9.29. The summed E-state index contributed by atoms with van der Waals surface area (Å²) in [5.41, 5.74) is 3.41. The third-order valence-corrected chi connectivity index (χ3v) is 3.14. The third kappa shape index (κ3) is 4.08. The Morgan fingerprint density at radius 3 is 2.32 bits per heavy atom. The lowest BCUT2D eigenvalue weighted by Crippen LogP contribution is -1.86. The van der Waals surface area contributed by atoms with E-state index in [9.17, 15) is 4.79 Å². The normalized spacial score (nSPS) is 11.3. The smallest absolute Gasteiger partial charge is 0.120 e. The van der Waals surface area contributed by atoms with Gasteiger partial charge in [0, 0.05) is 11.4 Å². The molecule has 0 saturated carbocycles. The number of benzene rings is 2. The van der Waals surface area contributed by atoms with Gasteiger partial charge >= 0.3 is 0 Å². The molecule has 0 spiro atoms. The Morgan fingerprint density at radius 2 is 1.68 bits per heavy atom.